The van der Waals surface area contributed by atoms with Gasteiger partial charge >= 0.3 is 0 Å². The number of nitrogens with zero attached hydrogens (tertiary/aromatic N) is 4. The number of nitrogens with two attached hydrogens (primary N) is 1. The van der Waals surface area contributed by atoms with Crippen molar-refractivity contribution in [3.05, 3.63) is 12.4 Å². The predicted octanol–water partition coefficient (Wildman–Crippen LogP) is 0.807. The lowest BCUT2D eigenvalue weighted by molar-refractivity contribution is -0.137. The third-order valence-electron chi connectivity index (χ3n) is 5.20. The molecule has 2 N–H and O–H groups in total. The summed E-state index contributed by atoms with van der Waals surface area (Å²) in [7, 11) is 0. The Kier molecular flexibility index (Phi) is 3.66. The van der Waals surface area contributed by atoms with E-state index in [1.54, 1.807) is 0 Å². The van der Waals surface area contributed by atoms with Gasteiger partial charge in [-0.3, -0.25) is 5.73 Å². The maximum absolute atomic E-state index is 6.28. The smallest absolute Gasteiger partial charge is 0.218 e. The molecule has 0 saturated carbocycles. The SMILES string of the molecule is CC(C)Oc1cc(N2CC3(CN4CCC3CC4)OC2N)ncn1. The number of fused-ring (bicyclic) bond motifs is 2. The fraction of sp³-hybridized carbons (Fsp3) is 0.750. The summed E-state index contributed by atoms with van der Waals surface area (Å²) < 4.78 is 11.9. The molecule has 7 heteroatoms. The van der Waals surface area contributed by atoms with E-state index in [1.807, 2.05) is 24.8 Å². The molecular weight excluding hydrogens is 294 g/mol. The molecule has 4 aliphatic heterocycles. The van der Waals surface area contributed by atoms with Gasteiger partial charge in [-0.25, -0.2) is 9.97 Å². The Labute approximate surface area is 136 Å². The lowest BCUT2D eigenvalue weighted by Gasteiger charge is -2.50. The van der Waals surface area contributed by atoms with Gasteiger partial charge in [0.05, 0.1) is 12.6 Å². The molecule has 126 valence electrons. The molecule has 0 aromatic carbocycles. The second kappa shape index (κ2) is 5.58. The summed E-state index contributed by atoms with van der Waals surface area (Å²) >= 11 is 0. The number of hydrogen-bond acceptors (Lipinski definition) is 7. The first-order valence-electron chi connectivity index (χ1n) is 8.47. The van der Waals surface area contributed by atoms with Gasteiger partial charge in [-0.05, 0) is 45.7 Å². The van der Waals surface area contributed by atoms with Crippen LogP contribution in [-0.4, -0.2) is 59.1 Å². The Morgan fingerprint density at radius 1 is 1.30 bits per heavy atom. The molecule has 5 heterocycles. The number of rotatable bonds is 3. The van der Waals surface area contributed by atoms with E-state index >= 15 is 0 Å². The molecule has 4 fully saturated rings. The van der Waals surface area contributed by atoms with Crippen LogP contribution in [0.5, 0.6) is 5.88 Å². The Morgan fingerprint density at radius 2 is 2.09 bits per heavy atom. The van der Waals surface area contributed by atoms with Crippen LogP contribution >= 0.6 is 0 Å². The number of ether oxygens (including phenoxy) is 2. The quantitative estimate of drug-likeness (QED) is 0.883. The van der Waals surface area contributed by atoms with E-state index in [0.29, 0.717) is 11.8 Å². The van der Waals surface area contributed by atoms with E-state index in [0.717, 1.165) is 18.9 Å². The standard InChI is InChI=1S/C16H25N5O2/c1-11(2)22-14-7-13(18-10-19-14)21-9-16(23-15(21)17)8-20-5-3-12(16)4-6-20/h7,10-12,15H,3-6,8-9,17H2,1-2H3. The largest absolute Gasteiger partial charge is 0.475 e. The number of anilines is 1. The third-order valence-corrected chi connectivity index (χ3v) is 5.20. The van der Waals surface area contributed by atoms with Crippen molar-refractivity contribution in [2.75, 3.05) is 31.1 Å². The van der Waals surface area contributed by atoms with E-state index in [9.17, 15) is 0 Å². The Morgan fingerprint density at radius 3 is 2.74 bits per heavy atom. The Hall–Kier alpha value is -1.44. The van der Waals surface area contributed by atoms with Crippen molar-refractivity contribution in [1.29, 1.82) is 0 Å². The van der Waals surface area contributed by atoms with E-state index in [2.05, 4.69) is 14.9 Å². The van der Waals surface area contributed by atoms with Crippen molar-refractivity contribution >= 4 is 5.82 Å². The van der Waals surface area contributed by atoms with Crippen LogP contribution in [0.2, 0.25) is 0 Å². The van der Waals surface area contributed by atoms with E-state index < -0.39 is 6.35 Å². The molecule has 5 rings (SSSR count). The summed E-state index contributed by atoms with van der Waals surface area (Å²) in [6.07, 6.45) is 3.55. The summed E-state index contributed by atoms with van der Waals surface area (Å²) in [6, 6.07) is 1.85. The normalized spacial score (nSPS) is 36.2. The highest BCUT2D eigenvalue weighted by atomic mass is 16.6. The lowest BCUT2D eigenvalue weighted by Crippen LogP contribution is -2.61. The molecule has 0 radical (unpaired) electrons. The van der Waals surface area contributed by atoms with Gasteiger partial charge in [0.1, 0.15) is 17.7 Å². The molecule has 4 aliphatic rings. The van der Waals surface area contributed by atoms with Gasteiger partial charge in [0.25, 0.3) is 0 Å². The summed E-state index contributed by atoms with van der Waals surface area (Å²) in [5.74, 6) is 1.94. The number of hydrogen-bond donors (Lipinski definition) is 1. The van der Waals surface area contributed by atoms with Crippen LogP contribution in [0, 0.1) is 5.92 Å². The zero-order valence-corrected chi connectivity index (χ0v) is 13.8. The van der Waals surface area contributed by atoms with Crippen LogP contribution in [-0.2, 0) is 4.74 Å². The van der Waals surface area contributed by atoms with Crippen LogP contribution in [0.4, 0.5) is 5.82 Å². The Bertz CT molecular complexity index is 575. The molecule has 1 aromatic rings. The second-order valence-electron chi connectivity index (χ2n) is 7.13. The highest BCUT2D eigenvalue weighted by Gasteiger charge is 2.54. The average Bonchev–Trinajstić information content (AvgIpc) is 2.84. The zero-order valence-electron chi connectivity index (χ0n) is 13.8. The molecule has 7 nitrogen and oxygen atoms in total. The monoisotopic (exact) mass is 319 g/mol. The van der Waals surface area contributed by atoms with Crippen molar-refractivity contribution in [2.45, 2.75) is 44.7 Å². The van der Waals surface area contributed by atoms with Gasteiger partial charge < -0.3 is 19.3 Å². The van der Waals surface area contributed by atoms with Gasteiger partial charge in [-0.1, -0.05) is 0 Å². The van der Waals surface area contributed by atoms with Crippen LogP contribution in [0.1, 0.15) is 26.7 Å². The van der Waals surface area contributed by atoms with Crippen molar-refractivity contribution in [3.63, 3.8) is 0 Å². The molecule has 0 aliphatic carbocycles. The molecule has 0 amide bonds. The molecule has 2 unspecified atom stereocenters. The van der Waals surface area contributed by atoms with Crippen molar-refractivity contribution in [2.24, 2.45) is 11.7 Å². The minimum absolute atomic E-state index is 0.0782. The molecular formula is C16H25N5O2. The minimum atomic E-state index is -0.461. The minimum Gasteiger partial charge on any atom is -0.475 e. The summed E-state index contributed by atoms with van der Waals surface area (Å²) in [4.78, 5) is 13.1. The van der Waals surface area contributed by atoms with Gasteiger partial charge in [0.15, 0.2) is 6.35 Å². The first-order valence-corrected chi connectivity index (χ1v) is 8.47. The van der Waals surface area contributed by atoms with Crippen LogP contribution in [0.3, 0.4) is 0 Å². The van der Waals surface area contributed by atoms with Crippen LogP contribution < -0.4 is 15.4 Å². The van der Waals surface area contributed by atoms with E-state index in [-0.39, 0.29) is 11.7 Å². The maximum Gasteiger partial charge on any atom is 0.218 e. The fourth-order valence-corrected chi connectivity index (χ4v) is 4.16. The number of aromatic nitrogens is 2. The number of piperidine rings is 3. The highest BCUT2D eigenvalue weighted by molar-refractivity contribution is 5.43. The molecule has 2 bridgehead atoms. The second-order valence-corrected chi connectivity index (χ2v) is 7.13. The Balaban J connectivity index is 1.56. The van der Waals surface area contributed by atoms with E-state index in [4.69, 9.17) is 15.2 Å². The first-order chi connectivity index (χ1) is 11.1. The average molecular weight is 319 g/mol. The summed E-state index contributed by atoms with van der Waals surface area (Å²) in [6.45, 7) is 8.09. The van der Waals surface area contributed by atoms with Crippen molar-refractivity contribution < 1.29 is 9.47 Å². The molecule has 23 heavy (non-hydrogen) atoms. The summed E-state index contributed by atoms with van der Waals surface area (Å²) in [5.41, 5.74) is 6.13. The molecule has 1 aromatic heterocycles. The highest BCUT2D eigenvalue weighted by Crippen LogP contribution is 2.43. The maximum atomic E-state index is 6.28. The van der Waals surface area contributed by atoms with Crippen LogP contribution in [0.15, 0.2) is 12.4 Å². The molecule has 1 spiro atoms. The predicted molar refractivity (Wildman–Crippen MR) is 86.1 cm³/mol. The molecule has 2 atom stereocenters. The lowest BCUT2D eigenvalue weighted by atomic mass is 9.75. The summed E-state index contributed by atoms with van der Waals surface area (Å²) in [5, 5.41) is 0. The zero-order chi connectivity index (χ0) is 16.0. The van der Waals surface area contributed by atoms with Gasteiger partial charge in [0, 0.05) is 12.6 Å². The van der Waals surface area contributed by atoms with E-state index in [1.165, 1.54) is 32.3 Å². The van der Waals surface area contributed by atoms with Crippen molar-refractivity contribution in [3.8, 4) is 5.88 Å². The topological polar surface area (TPSA) is 76.7 Å². The van der Waals surface area contributed by atoms with Gasteiger partial charge in [-0.15, -0.1) is 0 Å². The van der Waals surface area contributed by atoms with Crippen LogP contribution in [0.25, 0.3) is 0 Å². The molecule has 4 saturated heterocycles. The van der Waals surface area contributed by atoms with Gasteiger partial charge in [0.2, 0.25) is 5.88 Å². The van der Waals surface area contributed by atoms with Crippen molar-refractivity contribution in [1.82, 2.24) is 14.9 Å². The first kappa shape index (κ1) is 15.1. The third kappa shape index (κ3) is 2.66. The van der Waals surface area contributed by atoms with Gasteiger partial charge in [-0.2, -0.15) is 0 Å². The fourth-order valence-electron chi connectivity index (χ4n) is 4.16.